The van der Waals surface area contributed by atoms with E-state index in [0.717, 1.165) is 0 Å². The third kappa shape index (κ3) is 3.89. The molecule has 0 aliphatic carbocycles. The summed E-state index contributed by atoms with van der Waals surface area (Å²) in [5.41, 5.74) is 0. The molecule has 2 atom stereocenters. The lowest BCUT2D eigenvalue weighted by atomic mass is 10.1. The van der Waals surface area contributed by atoms with Crippen molar-refractivity contribution in [1.82, 2.24) is 5.32 Å². The first-order chi connectivity index (χ1) is 6.02. The van der Waals surface area contributed by atoms with Gasteiger partial charge in [0.1, 0.15) is 6.04 Å². The van der Waals surface area contributed by atoms with E-state index in [1.807, 2.05) is 0 Å². The fourth-order valence-electron chi connectivity index (χ4n) is 0.871. The SMILES string of the molecule is COC(=O)N[C@H](C(C)=O)[C@@H](C)OC. The van der Waals surface area contributed by atoms with Crippen molar-refractivity contribution in [3.63, 3.8) is 0 Å². The molecular formula is C8H15NO4. The molecule has 1 N–H and O–H groups in total. The van der Waals surface area contributed by atoms with Crippen molar-refractivity contribution in [2.75, 3.05) is 14.2 Å². The minimum Gasteiger partial charge on any atom is -0.453 e. The number of hydrogen-bond donors (Lipinski definition) is 1. The van der Waals surface area contributed by atoms with Crippen LogP contribution in [0.5, 0.6) is 0 Å². The lowest BCUT2D eigenvalue weighted by Crippen LogP contribution is -2.47. The van der Waals surface area contributed by atoms with E-state index in [0.29, 0.717) is 0 Å². The summed E-state index contributed by atoms with van der Waals surface area (Å²) in [6.07, 6.45) is -0.999. The fourth-order valence-corrected chi connectivity index (χ4v) is 0.871. The third-order valence-corrected chi connectivity index (χ3v) is 1.74. The van der Waals surface area contributed by atoms with Crippen molar-refractivity contribution >= 4 is 11.9 Å². The van der Waals surface area contributed by atoms with Gasteiger partial charge >= 0.3 is 6.09 Å². The second-order valence-electron chi connectivity index (χ2n) is 2.67. The number of Topliss-reactive ketones (excluding diaryl/α,β-unsaturated/α-hetero) is 1. The second-order valence-corrected chi connectivity index (χ2v) is 2.67. The van der Waals surface area contributed by atoms with Crippen LogP contribution in [-0.4, -0.2) is 38.2 Å². The molecule has 0 saturated heterocycles. The Bertz CT molecular complexity index is 193. The number of amides is 1. The minimum atomic E-state index is -0.655. The Morgan fingerprint density at radius 2 is 1.85 bits per heavy atom. The second kappa shape index (κ2) is 5.53. The number of ether oxygens (including phenoxy) is 2. The molecule has 5 heteroatoms. The van der Waals surface area contributed by atoms with Crippen molar-refractivity contribution in [2.45, 2.75) is 26.0 Å². The quantitative estimate of drug-likeness (QED) is 0.692. The zero-order valence-electron chi connectivity index (χ0n) is 8.29. The Balaban J connectivity index is 4.26. The van der Waals surface area contributed by atoms with Gasteiger partial charge in [-0.1, -0.05) is 0 Å². The van der Waals surface area contributed by atoms with Gasteiger partial charge in [-0.15, -0.1) is 0 Å². The summed E-state index contributed by atoms with van der Waals surface area (Å²) in [7, 11) is 2.71. The lowest BCUT2D eigenvalue weighted by molar-refractivity contribution is -0.121. The van der Waals surface area contributed by atoms with Crippen molar-refractivity contribution in [3.05, 3.63) is 0 Å². The van der Waals surface area contributed by atoms with Gasteiger partial charge in [-0.05, 0) is 13.8 Å². The van der Waals surface area contributed by atoms with Crippen LogP contribution >= 0.6 is 0 Å². The highest BCUT2D eigenvalue weighted by atomic mass is 16.5. The summed E-state index contributed by atoms with van der Waals surface area (Å²) < 4.78 is 9.30. The normalized spacial score (nSPS) is 14.5. The summed E-state index contributed by atoms with van der Waals surface area (Å²) in [6, 6.07) is -0.655. The molecule has 0 aliphatic rings. The maximum absolute atomic E-state index is 11.0. The summed E-state index contributed by atoms with van der Waals surface area (Å²) in [6.45, 7) is 3.08. The Morgan fingerprint density at radius 3 is 2.15 bits per heavy atom. The summed E-state index contributed by atoms with van der Waals surface area (Å²) in [5, 5.41) is 2.38. The predicted molar refractivity (Wildman–Crippen MR) is 46.5 cm³/mol. The molecule has 0 saturated carbocycles. The highest BCUT2D eigenvalue weighted by Crippen LogP contribution is 1.99. The van der Waals surface area contributed by atoms with E-state index in [4.69, 9.17) is 4.74 Å². The number of ketones is 1. The topological polar surface area (TPSA) is 64.6 Å². The standard InChI is InChI=1S/C8H15NO4/c1-5(10)7(6(2)12-3)9-8(11)13-4/h6-7H,1-4H3,(H,9,11)/t6-,7-/m1/s1. The smallest absolute Gasteiger partial charge is 0.407 e. The van der Waals surface area contributed by atoms with Crippen LogP contribution in [0.25, 0.3) is 0 Å². The number of rotatable bonds is 4. The molecule has 1 amide bonds. The summed E-state index contributed by atoms with van der Waals surface area (Å²) in [5.74, 6) is -0.167. The van der Waals surface area contributed by atoms with Crippen LogP contribution in [0.1, 0.15) is 13.8 Å². The van der Waals surface area contributed by atoms with E-state index >= 15 is 0 Å². The average Bonchev–Trinajstić information content (AvgIpc) is 2.11. The first-order valence-electron chi connectivity index (χ1n) is 3.90. The van der Waals surface area contributed by atoms with Gasteiger partial charge < -0.3 is 14.8 Å². The van der Waals surface area contributed by atoms with Gasteiger partial charge in [0.2, 0.25) is 0 Å². The first-order valence-corrected chi connectivity index (χ1v) is 3.90. The average molecular weight is 189 g/mol. The molecule has 5 nitrogen and oxygen atoms in total. The van der Waals surface area contributed by atoms with E-state index in [1.54, 1.807) is 6.92 Å². The van der Waals surface area contributed by atoms with Gasteiger partial charge in [0.25, 0.3) is 0 Å². The fraction of sp³-hybridized carbons (Fsp3) is 0.750. The number of nitrogens with one attached hydrogen (secondary N) is 1. The zero-order valence-corrected chi connectivity index (χ0v) is 8.29. The Hall–Kier alpha value is -1.10. The summed E-state index contributed by atoms with van der Waals surface area (Å²) >= 11 is 0. The molecule has 0 aromatic heterocycles. The van der Waals surface area contributed by atoms with Gasteiger partial charge in [0, 0.05) is 7.11 Å². The molecule has 0 heterocycles. The van der Waals surface area contributed by atoms with E-state index in [2.05, 4.69) is 10.1 Å². The Labute approximate surface area is 77.4 Å². The third-order valence-electron chi connectivity index (χ3n) is 1.74. The van der Waals surface area contributed by atoms with Crippen LogP contribution < -0.4 is 5.32 Å². The molecular weight excluding hydrogens is 174 g/mol. The summed E-state index contributed by atoms with van der Waals surface area (Å²) in [4.78, 5) is 21.9. The van der Waals surface area contributed by atoms with Gasteiger partial charge in [0.15, 0.2) is 5.78 Å². The maximum atomic E-state index is 11.0. The predicted octanol–water partition coefficient (Wildman–Crippen LogP) is 0.335. The number of carbonyl (C=O) groups is 2. The number of alkyl carbamates (subject to hydrolysis) is 1. The van der Waals surface area contributed by atoms with Gasteiger partial charge in [0.05, 0.1) is 13.2 Å². The Kier molecular flexibility index (Phi) is 5.06. The van der Waals surface area contributed by atoms with Crippen molar-refractivity contribution < 1.29 is 19.1 Å². The monoisotopic (exact) mass is 189 g/mol. The highest BCUT2D eigenvalue weighted by molar-refractivity contribution is 5.85. The maximum Gasteiger partial charge on any atom is 0.407 e. The lowest BCUT2D eigenvalue weighted by Gasteiger charge is -2.20. The molecule has 0 unspecified atom stereocenters. The molecule has 0 aromatic carbocycles. The molecule has 0 fully saturated rings. The van der Waals surface area contributed by atoms with Crippen LogP contribution in [0, 0.1) is 0 Å². The van der Waals surface area contributed by atoms with E-state index in [-0.39, 0.29) is 11.9 Å². The molecule has 0 bridgehead atoms. The van der Waals surface area contributed by atoms with Crippen LogP contribution in [0.4, 0.5) is 4.79 Å². The van der Waals surface area contributed by atoms with Crippen molar-refractivity contribution in [2.24, 2.45) is 0 Å². The molecule has 0 rings (SSSR count). The minimum absolute atomic E-state index is 0.167. The molecule has 0 spiro atoms. The zero-order chi connectivity index (χ0) is 10.4. The van der Waals surface area contributed by atoms with Crippen molar-refractivity contribution in [3.8, 4) is 0 Å². The van der Waals surface area contributed by atoms with E-state index in [9.17, 15) is 9.59 Å². The molecule has 76 valence electrons. The van der Waals surface area contributed by atoms with Crippen LogP contribution in [0.3, 0.4) is 0 Å². The van der Waals surface area contributed by atoms with Crippen LogP contribution in [0.15, 0.2) is 0 Å². The Morgan fingerprint density at radius 1 is 1.31 bits per heavy atom. The molecule has 0 aromatic rings. The molecule has 0 aliphatic heterocycles. The van der Waals surface area contributed by atoms with E-state index in [1.165, 1.54) is 21.1 Å². The molecule has 13 heavy (non-hydrogen) atoms. The van der Waals surface area contributed by atoms with Crippen LogP contribution in [0.2, 0.25) is 0 Å². The van der Waals surface area contributed by atoms with Gasteiger partial charge in [-0.2, -0.15) is 0 Å². The van der Waals surface area contributed by atoms with Crippen molar-refractivity contribution in [1.29, 1.82) is 0 Å². The van der Waals surface area contributed by atoms with Gasteiger partial charge in [-0.3, -0.25) is 4.79 Å². The number of hydrogen-bond acceptors (Lipinski definition) is 4. The molecule has 0 radical (unpaired) electrons. The number of carbonyl (C=O) groups excluding carboxylic acids is 2. The highest BCUT2D eigenvalue weighted by Gasteiger charge is 2.23. The van der Waals surface area contributed by atoms with Gasteiger partial charge in [-0.25, -0.2) is 4.79 Å². The number of methoxy groups -OCH3 is 2. The first kappa shape index (κ1) is 11.9. The largest absolute Gasteiger partial charge is 0.453 e. The van der Waals surface area contributed by atoms with E-state index < -0.39 is 12.1 Å². The van der Waals surface area contributed by atoms with Crippen LogP contribution in [-0.2, 0) is 14.3 Å².